The topological polar surface area (TPSA) is 21.3 Å². The van der Waals surface area contributed by atoms with Gasteiger partial charge in [0.1, 0.15) is 12.4 Å². The third-order valence-electron chi connectivity index (χ3n) is 2.73. The fraction of sp³-hybridized carbons (Fsp3) is 0.125. The van der Waals surface area contributed by atoms with Gasteiger partial charge >= 0.3 is 0 Å². The molecule has 0 fully saturated rings. The lowest BCUT2D eigenvalue weighted by molar-refractivity contribution is 0.359. The largest absolute Gasteiger partial charge is 0.489 e. The van der Waals surface area contributed by atoms with Crippen molar-refractivity contribution in [3.8, 4) is 5.75 Å². The minimum Gasteiger partial charge on any atom is -0.489 e. The van der Waals surface area contributed by atoms with Gasteiger partial charge in [-0.25, -0.2) is 0 Å². The molecule has 0 saturated carbocycles. The molecule has 0 bridgehead atoms. The fourth-order valence-electron chi connectivity index (χ4n) is 1.74. The average Bonchev–Trinajstić information content (AvgIpc) is 2.47. The number of hydrogen-bond donors (Lipinski definition) is 1. The SMILES string of the molecule is C=CCOc1ccccc1CNc1ccc(Br)c(Cl)c1. The Balaban J connectivity index is 2.06. The maximum Gasteiger partial charge on any atom is 0.124 e. The van der Waals surface area contributed by atoms with Crippen LogP contribution in [-0.4, -0.2) is 6.61 Å². The maximum absolute atomic E-state index is 6.07. The average molecular weight is 353 g/mol. The molecular weight excluding hydrogens is 338 g/mol. The van der Waals surface area contributed by atoms with Crippen molar-refractivity contribution < 1.29 is 4.74 Å². The molecule has 0 aliphatic heterocycles. The predicted molar refractivity (Wildman–Crippen MR) is 88.6 cm³/mol. The molecule has 0 atom stereocenters. The van der Waals surface area contributed by atoms with E-state index in [2.05, 4.69) is 27.8 Å². The van der Waals surface area contributed by atoms with Gasteiger partial charge in [0.15, 0.2) is 0 Å². The molecule has 0 heterocycles. The van der Waals surface area contributed by atoms with E-state index in [-0.39, 0.29) is 0 Å². The van der Waals surface area contributed by atoms with E-state index in [4.69, 9.17) is 16.3 Å². The molecule has 0 radical (unpaired) electrons. The zero-order valence-electron chi connectivity index (χ0n) is 10.9. The quantitative estimate of drug-likeness (QED) is 0.714. The number of nitrogens with one attached hydrogen (secondary N) is 1. The summed E-state index contributed by atoms with van der Waals surface area (Å²) in [6.45, 7) is 4.83. The molecular formula is C16H15BrClNO. The summed E-state index contributed by atoms with van der Waals surface area (Å²) in [5.74, 6) is 0.864. The van der Waals surface area contributed by atoms with Gasteiger partial charge in [-0.2, -0.15) is 0 Å². The summed E-state index contributed by atoms with van der Waals surface area (Å²) in [5, 5.41) is 4.02. The highest BCUT2D eigenvalue weighted by atomic mass is 79.9. The maximum atomic E-state index is 6.07. The van der Waals surface area contributed by atoms with E-state index in [1.54, 1.807) is 6.08 Å². The molecule has 2 rings (SSSR count). The van der Waals surface area contributed by atoms with Gasteiger partial charge in [-0.1, -0.05) is 42.5 Å². The number of halogens is 2. The van der Waals surface area contributed by atoms with Crippen LogP contribution in [0.15, 0.2) is 59.6 Å². The second-order valence-corrected chi connectivity index (χ2v) is 5.45. The first-order valence-corrected chi connectivity index (χ1v) is 7.38. The van der Waals surface area contributed by atoms with E-state index < -0.39 is 0 Å². The molecule has 2 aromatic rings. The third-order valence-corrected chi connectivity index (χ3v) is 3.96. The molecule has 104 valence electrons. The van der Waals surface area contributed by atoms with Crippen LogP contribution in [0.25, 0.3) is 0 Å². The summed E-state index contributed by atoms with van der Waals surface area (Å²) in [7, 11) is 0. The molecule has 0 amide bonds. The van der Waals surface area contributed by atoms with Crippen molar-refractivity contribution in [3.05, 3.63) is 70.2 Å². The highest BCUT2D eigenvalue weighted by Crippen LogP contribution is 2.26. The smallest absolute Gasteiger partial charge is 0.124 e. The molecule has 2 nitrogen and oxygen atoms in total. The number of para-hydroxylation sites is 1. The first-order chi connectivity index (χ1) is 9.70. The fourth-order valence-corrected chi connectivity index (χ4v) is 2.17. The number of hydrogen-bond acceptors (Lipinski definition) is 2. The van der Waals surface area contributed by atoms with Gasteiger partial charge in [0, 0.05) is 22.3 Å². The van der Waals surface area contributed by atoms with Crippen LogP contribution in [0.1, 0.15) is 5.56 Å². The summed E-state index contributed by atoms with van der Waals surface area (Å²) in [6.07, 6.45) is 1.73. The molecule has 0 unspecified atom stereocenters. The van der Waals surface area contributed by atoms with Crippen LogP contribution in [0, 0.1) is 0 Å². The van der Waals surface area contributed by atoms with Gasteiger partial charge in [0.2, 0.25) is 0 Å². The Morgan fingerprint density at radius 2 is 2.05 bits per heavy atom. The van der Waals surface area contributed by atoms with Crippen LogP contribution in [0.2, 0.25) is 5.02 Å². The van der Waals surface area contributed by atoms with Crippen LogP contribution >= 0.6 is 27.5 Å². The van der Waals surface area contributed by atoms with Crippen molar-refractivity contribution in [1.82, 2.24) is 0 Å². The lowest BCUT2D eigenvalue weighted by Gasteiger charge is -2.12. The van der Waals surface area contributed by atoms with Crippen LogP contribution in [0.5, 0.6) is 5.75 Å². The minimum absolute atomic E-state index is 0.501. The van der Waals surface area contributed by atoms with Crippen LogP contribution in [0.4, 0.5) is 5.69 Å². The molecule has 0 spiro atoms. The van der Waals surface area contributed by atoms with Crippen molar-refractivity contribution in [2.24, 2.45) is 0 Å². The molecule has 0 aliphatic carbocycles. The highest BCUT2D eigenvalue weighted by Gasteiger charge is 2.03. The van der Waals surface area contributed by atoms with Gasteiger partial charge in [0.25, 0.3) is 0 Å². The normalized spacial score (nSPS) is 10.1. The first kappa shape index (κ1) is 14.9. The lowest BCUT2D eigenvalue weighted by atomic mass is 10.2. The Labute approximate surface area is 132 Å². The number of ether oxygens (including phenoxy) is 1. The van der Waals surface area contributed by atoms with Crippen molar-refractivity contribution in [3.63, 3.8) is 0 Å². The monoisotopic (exact) mass is 351 g/mol. The van der Waals surface area contributed by atoms with Crippen molar-refractivity contribution >= 4 is 33.2 Å². The van der Waals surface area contributed by atoms with Crippen LogP contribution in [-0.2, 0) is 6.54 Å². The highest BCUT2D eigenvalue weighted by molar-refractivity contribution is 9.10. The van der Waals surface area contributed by atoms with Crippen molar-refractivity contribution in [2.45, 2.75) is 6.54 Å². The summed E-state index contributed by atoms with van der Waals surface area (Å²) in [4.78, 5) is 0. The molecule has 0 aliphatic rings. The van der Waals surface area contributed by atoms with Crippen molar-refractivity contribution in [2.75, 3.05) is 11.9 Å². The summed E-state index contributed by atoms with van der Waals surface area (Å²) in [6, 6.07) is 13.7. The van der Waals surface area contributed by atoms with Gasteiger partial charge < -0.3 is 10.1 Å². The van der Waals surface area contributed by atoms with E-state index in [1.807, 2.05) is 42.5 Å². The zero-order valence-corrected chi connectivity index (χ0v) is 13.2. The number of anilines is 1. The Morgan fingerprint density at radius 1 is 1.25 bits per heavy atom. The Bertz CT molecular complexity index is 601. The van der Waals surface area contributed by atoms with Crippen LogP contribution < -0.4 is 10.1 Å². The predicted octanol–water partition coefficient (Wildman–Crippen LogP) is 5.28. The Kier molecular flexibility index (Phi) is 5.50. The van der Waals surface area contributed by atoms with Gasteiger partial charge in [-0.05, 0) is 40.2 Å². The van der Waals surface area contributed by atoms with E-state index in [0.29, 0.717) is 18.2 Å². The van der Waals surface area contributed by atoms with E-state index >= 15 is 0 Å². The van der Waals surface area contributed by atoms with E-state index in [1.165, 1.54) is 0 Å². The standard InChI is InChI=1S/C16H15BrClNO/c1-2-9-20-16-6-4-3-5-12(16)11-19-13-7-8-14(17)15(18)10-13/h2-8,10,19H,1,9,11H2. The van der Waals surface area contributed by atoms with Gasteiger partial charge in [0.05, 0.1) is 5.02 Å². The second-order valence-electron chi connectivity index (χ2n) is 4.19. The number of benzene rings is 2. The molecule has 0 saturated heterocycles. The third kappa shape index (κ3) is 4.02. The minimum atomic E-state index is 0.501. The molecule has 4 heteroatoms. The zero-order chi connectivity index (χ0) is 14.4. The summed E-state index contributed by atoms with van der Waals surface area (Å²) in [5.41, 5.74) is 2.06. The van der Waals surface area contributed by atoms with Crippen molar-refractivity contribution in [1.29, 1.82) is 0 Å². The molecule has 1 N–H and O–H groups in total. The van der Waals surface area contributed by atoms with E-state index in [9.17, 15) is 0 Å². The Hall–Kier alpha value is -1.45. The Morgan fingerprint density at radius 3 is 2.80 bits per heavy atom. The number of rotatable bonds is 6. The molecule has 20 heavy (non-hydrogen) atoms. The first-order valence-electron chi connectivity index (χ1n) is 6.21. The summed E-state index contributed by atoms with van der Waals surface area (Å²) >= 11 is 9.45. The van der Waals surface area contributed by atoms with Crippen LogP contribution in [0.3, 0.4) is 0 Å². The second kappa shape index (κ2) is 7.36. The summed E-state index contributed by atoms with van der Waals surface area (Å²) < 4.78 is 6.51. The lowest BCUT2D eigenvalue weighted by Crippen LogP contribution is -2.03. The molecule has 2 aromatic carbocycles. The van der Waals surface area contributed by atoms with E-state index in [0.717, 1.165) is 21.5 Å². The van der Waals surface area contributed by atoms with Gasteiger partial charge in [-0.15, -0.1) is 0 Å². The molecule has 0 aromatic heterocycles. The van der Waals surface area contributed by atoms with Gasteiger partial charge in [-0.3, -0.25) is 0 Å².